The highest BCUT2D eigenvalue weighted by Gasteiger charge is 2.23. The van der Waals surface area contributed by atoms with Crippen LogP contribution in [0.4, 0.5) is 11.5 Å². The Bertz CT molecular complexity index is 653. The van der Waals surface area contributed by atoms with Crippen LogP contribution in [0, 0.1) is 10.1 Å². The van der Waals surface area contributed by atoms with Crippen molar-refractivity contribution in [2.45, 2.75) is 0 Å². The molecule has 0 spiro atoms. The van der Waals surface area contributed by atoms with E-state index in [1.54, 1.807) is 13.1 Å². The molecule has 0 fully saturated rings. The minimum Gasteiger partial charge on any atom is -0.307 e. The number of hydrogen-bond donors (Lipinski definition) is 1. The second kappa shape index (κ2) is 5.07. The van der Waals surface area contributed by atoms with Crippen molar-refractivity contribution in [1.29, 1.82) is 0 Å². The van der Waals surface area contributed by atoms with Gasteiger partial charge in [0.05, 0.1) is 11.1 Å². The van der Waals surface area contributed by atoms with Gasteiger partial charge in [-0.05, 0) is 12.1 Å². The smallest absolute Gasteiger partial charge is 0.300 e. The molecule has 2 rings (SSSR count). The van der Waals surface area contributed by atoms with Crippen molar-refractivity contribution in [2.75, 3.05) is 5.32 Å². The van der Waals surface area contributed by atoms with E-state index in [0.717, 1.165) is 0 Å². The molecular weight excluding hydrogens is 272 g/mol. The molecule has 0 bridgehead atoms. The van der Waals surface area contributed by atoms with Gasteiger partial charge in [0.1, 0.15) is 16.4 Å². The molecule has 0 aliphatic rings. The predicted molar refractivity (Wildman–Crippen MR) is 69.3 cm³/mol. The number of anilines is 1. The van der Waals surface area contributed by atoms with Gasteiger partial charge in [0, 0.05) is 13.1 Å². The molecule has 19 heavy (non-hydrogen) atoms. The topological polar surface area (TPSA) is 90.1 Å². The first kappa shape index (κ1) is 13.0. The van der Waals surface area contributed by atoms with Crippen LogP contribution in [0.1, 0.15) is 10.4 Å². The summed E-state index contributed by atoms with van der Waals surface area (Å²) in [6, 6.07) is 5.76. The summed E-state index contributed by atoms with van der Waals surface area (Å²) in [6.45, 7) is 0. The van der Waals surface area contributed by atoms with Crippen molar-refractivity contribution in [3.05, 3.63) is 51.2 Å². The van der Waals surface area contributed by atoms with Crippen LogP contribution < -0.4 is 5.32 Å². The third-order valence-electron chi connectivity index (χ3n) is 2.48. The van der Waals surface area contributed by atoms with Gasteiger partial charge in [0.2, 0.25) is 0 Å². The number of nitro groups is 1. The summed E-state index contributed by atoms with van der Waals surface area (Å²) in [5, 5.41) is 17.3. The molecule has 1 aromatic heterocycles. The molecule has 7 nitrogen and oxygen atoms in total. The molecule has 2 aromatic rings. The summed E-state index contributed by atoms with van der Waals surface area (Å²) in [7, 11) is 1.64. The number of hydrogen-bond acceptors (Lipinski definition) is 4. The summed E-state index contributed by atoms with van der Waals surface area (Å²) in [6.07, 6.45) is 1.50. The van der Waals surface area contributed by atoms with Crippen LogP contribution in [0.25, 0.3) is 0 Å². The summed E-state index contributed by atoms with van der Waals surface area (Å²) in [5.41, 5.74) is -0.512. The second-order valence-corrected chi connectivity index (χ2v) is 4.09. The number of amides is 1. The minimum absolute atomic E-state index is 0.0809. The van der Waals surface area contributed by atoms with E-state index in [1.807, 2.05) is 0 Å². The fraction of sp³-hybridized carbons (Fsp3) is 0.0909. The van der Waals surface area contributed by atoms with Gasteiger partial charge < -0.3 is 5.32 Å². The lowest BCUT2D eigenvalue weighted by Crippen LogP contribution is -2.16. The van der Waals surface area contributed by atoms with Gasteiger partial charge in [-0.3, -0.25) is 19.6 Å². The van der Waals surface area contributed by atoms with Crippen LogP contribution >= 0.6 is 11.6 Å². The van der Waals surface area contributed by atoms with E-state index in [1.165, 1.54) is 29.1 Å². The molecule has 1 N–H and O–H groups in total. The number of aromatic nitrogens is 2. The van der Waals surface area contributed by atoms with Gasteiger partial charge in [-0.1, -0.05) is 17.7 Å². The summed E-state index contributed by atoms with van der Waals surface area (Å²) >= 11 is 5.74. The monoisotopic (exact) mass is 280 g/mol. The molecule has 0 atom stereocenters. The fourth-order valence-electron chi connectivity index (χ4n) is 1.56. The van der Waals surface area contributed by atoms with Crippen molar-refractivity contribution < 1.29 is 9.72 Å². The number of aryl methyl sites for hydroxylation is 1. The molecule has 98 valence electrons. The fourth-order valence-corrected chi connectivity index (χ4v) is 1.81. The maximum Gasteiger partial charge on any atom is 0.300 e. The Kier molecular flexibility index (Phi) is 3.48. The molecule has 0 saturated heterocycles. The van der Waals surface area contributed by atoms with E-state index in [0.29, 0.717) is 5.82 Å². The zero-order valence-electron chi connectivity index (χ0n) is 9.83. The maximum absolute atomic E-state index is 12.0. The number of nitrogens with one attached hydrogen (secondary N) is 1. The summed E-state index contributed by atoms with van der Waals surface area (Å²) in [4.78, 5) is 22.3. The van der Waals surface area contributed by atoms with Crippen molar-refractivity contribution >= 4 is 29.0 Å². The first-order chi connectivity index (χ1) is 9.00. The number of nitrogens with zero attached hydrogens (tertiary/aromatic N) is 3. The Morgan fingerprint density at radius 3 is 2.79 bits per heavy atom. The Hall–Kier alpha value is -2.41. The predicted octanol–water partition coefficient (Wildman–Crippen LogP) is 2.23. The van der Waals surface area contributed by atoms with Crippen LogP contribution in [0.15, 0.2) is 30.5 Å². The van der Waals surface area contributed by atoms with E-state index in [2.05, 4.69) is 10.4 Å². The third kappa shape index (κ3) is 2.55. The highest BCUT2D eigenvalue weighted by molar-refractivity contribution is 6.33. The maximum atomic E-state index is 12.0. The molecule has 0 saturated carbocycles. The van der Waals surface area contributed by atoms with Gasteiger partial charge in [-0.15, -0.1) is 0 Å². The minimum atomic E-state index is -0.680. The van der Waals surface area contributed by atoms with Gasteiger partial charge in [0.15, 0.2) is 0 Å². The molecule has 0 radical (unpaired) electrons. The van der Waals surface area contributed by atoms with E-state index >= 15 is 0 Å². The molecule has 1 heterocycles. The van der Waals surface area contributed by atoms with Gasteiger partial charge in [-0.2, -0.15) is 5.10 Å². The molecule has 8 heteroatoms. The Labute approximate surface area is 112 Å². The Morgan fingerprint density at radius 1 is 1.47 bits per heavy atom. The zero-order chi connectivity index (χ0) is 14.0. The van der Waals surface area contributed by atoms with Crippen LogP contribution in [-0.2, 0) is 7.05 Å². The standard InChI is InChI=1S/C11H9ClN4O3/c1-15-9(5-6-13-15)14-11(17)7-3-2-4-8(12)10(7)16(18)19/h2-6H,1H3,(H,14,17). The highest BCUT2D eigenvalue weighted by atomic mass is 35.5. The molecular formula is C11H9ClN4O3. The van der Waals surface area contributed by atoms with Crippen LogP contribution in [0.5, 0.6) is 0 Å². The molecule has 0 aliphatic carbocycles. The summed E-state index contributed by atoms with van der Waals surface area (Å²) in [5.74, 6) is -0.183. The lowest BCUT2D eigenvalue weighted by molar-refractivity contribution is -0.385. The van der Waals surface area contributed by atoms with E-state index in [9.17, 15) is 14.9 Å². The van der Waals surface area contributed by atoms with Crippen molar-refractivity contribution in [2.24, 2.45) is 7.05 Å². The quantitative estimate of drug-likeness (QED) is 0.689. The van der Waals surface area contributed by atoms with Crippen molar-refractivity contribution in [1.82, 2.24) is 9.78 Å². The Balaban J connectivity index is 2.37. The number of para-hydroxylation sites is 1. The second-order valence-electron chi connectivity index (χ2n) is 3.69. The summed E-state index contributed by atoms with van der Waals surface area (Å²) < 4.78 is 1.44. The van der Waals surface area contributed by atoms with Gasteiger partial charge >= 0.3 is 5.69 Å². The number of nitro benzene ring substituents is 1. The van der Waals surface area contributed by atoms with Crippen molar-refractivity contribution in [3.63, 3.8) is 0 Å². The first-order valence-corrected chi connectivity index (χ1v) is 5.60. The van der Waals surface area contributed by atoms with Crippen molar-refractivity contribution in [3.8, 4) is 0 Å². The van der Waals surface area contributed by atoms with E-state index in [-0.39, 0.29) is 10.6 Å². The lowest BCUT2D eigenvalue weighted by Gasteiger charge is -2.06. The van der Waals surface area contributed by atoms with Crippen LogP contribution in [0.3, 0.4) is 0 Å². The van der Waals surface area contributed by atoms with Crippen LogP contribution in [0.2, 0.25) is 5.02 Å². The largest absolute Gasteiger partial charge is 0.307 e. The van der Waals surface area contributed by atoms with Gasteiger partial charge in [0.25, 0.3) is 5.91 Å². The lowest BCUT2D eigenvalue weighted by atomic mass is 10.1. The van der Waals surface area contributed by atoms with E-state index in [4.69, 9.17) is 11.6 Å². The molecule has 0 aliphatic heterocycles. The zero-order valence-corrected chi connectivity index (χ0v) is 10.6. The number of carbonyl (C=O) groups excluding carboxylic acids is 1. The molecule has 0 unspecified atom stereocenters. The first-order valence-electron chi connectivity index (χ1n) is 5.23. The number of carbonyl (C=O) groups is 1. The number of rotatable bonds is 3. The molecule has 1 aromatic carbocycles. The number of benzene rings is 1. The normalized spacial score (nSPS) is 10.2. The highest BCUT2D eigenvalue weighted by Crippen LogP contribution is 2.28. The Morgan fingerprint density at radius 2 is 2.21 bits per heavy atom. The number of halogens is 1. The average molecular weight is 281 g/mol. The van der Waals surface area contributed by atoms with E-state index < -0.39 is 16.5 Å². The van der Waals surface area contributed by atoms with Gasteiger partial charge in [-0.25, -0.2) is 0 Å². The average Bonchev–Trinajstić information content (AvgIpc) is 2.74. The van der Waals surface area contributed by atoms with Crippen LogP contribution in [-0.4, -0.2) is 20.6 Å². The molecule has 1 amide bonds. The SMILES string of the molecule is Cn1nccc1NC(=O)c1cccc(Cl)c1[N+](=O)[O-]. The third-order valence-corrected chi connectivity index (χ3v) is 2.78.